The summed E-state index contributed by atoms with van der Waals surface area (Å²) in [5, 5.41) is 0. The molecule has 0 aliphatic rings. The zero-order chi connectivity index (χ0) is 24.0. The van der Waals surface area contributed by atoms with Gasteiger partial charge in [0.2, 0.25) is 0 Å². The molecule has 0 bridgehead atoms. The Kier molecular flexibility index (Phi) is 8.68. The summed E-state index contributed by atoms with van der Waals surface area (Å²) in [6.45, 7) is 12.0. The molecule has 0 N–H and O–H groups in total. The molecule has 2 aromatic carbocycles. The zero-order valence-corrected chi connectivity index (χ0v) is 21.5. The second kappa shape index (κ2) is 11.5. The molecule has 3 heteroatoms. The minimum absolute atomic E-state index is 0.350. The van der Waals surface area contributed by atoms with E-state index in [1.807, 2.05) is 6.20 Å². The fourth-order valence-electron chi connectivity index (χ4n) is 4.91. The van der Waals surface area contributed by atoms with Gasteiger partial charge >= 0.3 is 0 Å². The summed E-state index contributed by atoms with van der Waals surface area (Å²) in [5.41, 5.74) is 8.64. The second-order valence-electron chi connectivity index (χ2n) is 9.42. The van der Waals surface area contributed by atoms with E-state index in [1.165, 1.54) is 22.3 Å². The van der Waals surface area contributed by atoms with Crippen molar-refractivity contribution in [3.05, 3.63) is 82.5 Å². The highest BCUT2D eigenvalue weighted by atomic mass is 16.5. The molecule has 33 heavy (non-hydrogen) atoms. The highest BCUT2D eigenvalue weighted by Gasteiger charge is 2.22. The molecule has 1 aromatic heterocycles. The number of aromatic nitrogens is 1. The lowest BCUT2D eigenvalue weighted by Crippen LogP contribution is -2.26. The molecule has 0 amide bonds. The van der Waals surface area contributed by atoms with Crippen LogP contribution in [-0.4, -0.2) is 24.0 Å². The van der Waals surface area contributed by atoms with Gasteiger partial charge in [-0.15, -0.1) is 0 Å². The number of methoxy groups -OCH3 is 1. The summed E-state index contributed by atoms with van der Waals surface area (Å²) in [5.74, 6) is 1.57. The van der Waals surface area contributed by atoms with Gasteiger partial charge in [-0.2, -0.15) is 0 Å². The first-order valence-corrected chi connectivity index (χ1v) is 12.3. The van der Waals surface area contributed by atoms with Crippen LogP contribution in [0.3, 0.4) is 0 Å². The topological polar surface area (TPSA) is 25.4 Å². The quantitative estimate of drug-likeness (QED) is 0.325. The Hall–Kier alpha value is -2.65. The Morgan fingerprint density at radius 1 is 0.909 bits per heavy atom. The lowest BCUT2D eigenvalue weighted by Gasteiger charge is -2.31. The van der Waals surface area contributed by atoms with Gasteiger partial charge in [0.25, 0.3) is 0 Å². The Labute approximate surface area is 200 Å². The molecule has 3 nitrogen and oxygen atoms in total. The molecule has 0 saturated heterocycles. The van der Waals surface area contributed by atoms with E-state index in [-0.39, 0.29) is 0 Å². The van der Waals surface area contributed by atoms with Crippen molar-refractivity contribution in [1.82, 2.24) is 9.88 Å². The fourth-order valence-corrected chi connectivity index (χ4v) is 4.91. The van der Waals surface area contributed by atoms with Crippen molar-refractivity contribution >= 4 is 0 Å². The number of pyridine rings is 1. The van der Waals surface area contributed by atoms with Gasteiger partial charge in [0.05, 0.1) is 12.8 Å². The SMILES string of the molecule is CCc1cccc(CC)c1-c1ncc(CN(C)C(CC(C)C)c2ccccc2)c(OC)c1C. The molecule has 3 aromatic rings. The molecule has 3 rings (SSSR count). The zero-order valence-electron chi connectivity index (χ0n) is 21.5. The number of hydrogen-bond donors (Lipinski definition) is 0. The van der Waals surface area contributed by atoms with Gasteiger partial charge in [-0.05, 0) is 55.8 Å². The van der Waals surface area contributed by atoms with Crippen LogP contribution in [0, 0.1) is 12.8 Å². The van der Waals surface area contributed by atoms with Gasteiger partial charge in [0.1, 0.15) is 5.75 Å². The van der Waals surface area contributed by atoms with Crippen LogP contribution in [0.1, 0.15) is 68.0 Å². The summed E-state index contributed by atoms with van der Waals surface area (Å²) in [6, 6.07) is 17.8. The van der Waals surface area contributed by atoms with Gasteiger partial charge in [-0.3, -0.25) is 9.88 Å². The fraction of sp³-hybridized carbons (Fsp3) is 0.433. The first-order chi connectivity index (χ1) is 15.9. The predicted molar refractivity (Wildman–Crippen MR) is 140 cm³/mol. The van der Waals surface area contributed by atoms with Crippen LogP contribution in [-0.2, 0) is 19.4 Å². The monoisotopic (exact) mass is 444 g/mol. The van der Waals surface area contributed by atoms with Crippen molar-refractivity contribution < 1.29 is 4.74 Å². The van der Waals surface area contributed by atoms with E-state index < -0.39 is 0 Å². The summed E-state index contributed by atoms with van der Waals surface area (Å²) in [7, 11) is 4.00. The van der Waals surface area contributed by atoms with Crippen LogP contribution in [0.5, 0.6) is 5.75 Å². The van der Waals surface area contributed by atoms with E-state index in [2.05, 4.69) is 95.1 Å². The molecule has 0 spiro atoms. The van der Waals surface area contributed by atoms with Gasteiger partial charge < -0.3 is 4.74 Å². The van der Waals surface area contributed by atoms with Crippen molar-refractivity contribution in [1.29, 1.82) is 0 Å². The maximum atomic E-state index is 5.99. The maximum absolute atomic E-state index is 5.99. The van der Waals surface area contributed by atoms with Crippen molar-refractivity contribution in [2.45, 2.75) is 66.5 Å². The van der Waals surface area contributed by atoms with E-state index in [0.29, 0.717) is 12.0 Å². The third-order valence-corrected chi connectivity index (χ3v) is 6.61. The normalized spacial score (nSPS) is 12.4. The van der Waals surface area contributed by atoms with Crippen LogP contribution < -0.4 is 4.74 Å². The summed E-state index contributed by atoms with van der Waals surface area (Å²) >= 11 is 0. The first kappa shape index (κ1) is 25.0. The van der Waals surface area contributed by atoms with Gasteiger partial charge in [-0.25, -0.2) is 0 Å². The molecule has 1 atom stereocenters. The molecule has 176 valence electrons. The van der Waals surface area contributed by atoms with Crippen LogP contribution in [0.25, 0.3) is 11.3 Å². The van der Waals surface area contributed by atoms with E-state index in [1.54, 1.807) is 7.11 Å². The molecule has 1 unspecified atom stereocenters. The van der Waals surface area contributed by atoms with Crippen LogP contribution in [0.15, 0.2) is 54.7 Å². The molecule has 0 aliphatic heterocycles. The van der Waals surface area contributed by atoms with Gasteiger partial charge in [0.15, 0.2) is 0 Å². The molecular formula is C30H40N2O. The maximum Gasteiger partial charge on any atom is 0.129 e. The highest BCUT2D eigenvalue weighted by molar-refractivity contribution is 5.73. The number of nitrogens with zero attached hydrogens (tertiary/aromatic N) is 2. The van der Waals surface area contributed by atoms with Crippen molar-refractivity contribution in [3.63, 3.8) is 0 Å². The molecule has 0 fully saturated rings. The molecule has 0 aliphatic carbocycles. The average Bonchev–Trinajstić information content (AvgIpc) is 2.82. The Morgan fingerprint density at radius 2 is 1.55 bits per heavy atom. The second-order valence-corrected chi connectivity index (χ2v) is 9.42. The van der Waals surface area contributed by atoms with Gasteiger partial charge in [-0.1, -0.05) is 76.2 Å². The van der Waals surface area contributed by atoms with Crippen molar-refractivity contribution in [3.8, 4) is 17.0 Å². The third kappa shape index (κ3) is 5.65. The van der Waals surface area contributed by atoms with Crippen molar-refractivity contribution in [2.75, 3.05) is 14.2 Å². The Balaban J connectivity index is 2.00. The number of benzene rings is 2. The average molecular weight is 445 g/mol. The third-order valence-electron chi connectivity index (χ3n) is 6.61. The number of aryl methyl sites for hydroxylation is 2. The highest BCUT2D eigenvalue weighted by Crippen LogP contribution is 2.37. The molecule has 1 heterocycles. The summed E-state index contributed by atoms with van der Waals surface area (Å²) in [4.78, 5) is 7.45. The molecular weight excluding hydrogens is 404 g/mol. The lowest BCUT2D eigenvalue weighted by molar-refractivity contribution is 0.204. The Morgan fingerprint density at radius 3 is 2.09 bits per heavy atom. The summed E-state index contributed by atoms with van der Waals surface area (Å²) < 4.78 is 5.99. The largest absolute Gasteiger partial charge is 0.496 e. The minimum Gasteiger partial charge on any atom is -0.496 e. The summed E-state index contributed by atoms with van der Waals surface area (Å²) in [6.07, 6.45) is 5.12. The number of rotatable bonds is 10. The standard InChI is InChI=1S/C30H40N2O/c1-8-23-16-13-17-24(9-2)28(23)29-22(5)30(33-7)26(19-31-29)20-32(6)27(18-21(3)4)25-14-11-10-12-15-25/h10-17,19,21,27H,8-9,18,20H2,1-7H3. The lowest BCUT2D eigenvalue weighted by atomic mass is 9.92. The number of ether oxygens (including phenoxy) is 1. The predicted octanol–water partition coefficient (Wildman–Crippen LogP) is 7.41. The van der Waals surface area contributed by atoms with Crippen LogP contribution >= 0.6 is 0 Å². The van der Waals surface area contributed by atoms with E-state index >= 15 is 0 Å². The number of hydrogen-bond acceptors (Lipinski definition) is 3. The van der Waals surface area contributed by atoms with E-state index in [0.717, 1.165) is 48.4 Å². The van der Waals surface area contributed by atoms with Crippen LogP contribution in [0.2, 0.25) is 0 Å². The van der Waals surface area contributed by atoms with Crippen LogP contribution in [0.4, 0.5) is 0 Å². The smallest absolute Gasteiger partial charge is 0.129 e. The van der Waals surface area contributed by atoms with E-state index in [9.17, 15) is 0 Å². The minimum atomic E-state index is 0.350. The molecule has 0 radical (unpaired) electrons. The van der Waals surface area contributed by atoms with Crippen molar-refractivity contribution in [2.24, 2.45) is 5.92 Å². The van der Waals surface area contributed by atoms with Gasteiger partial charge in [0, 0.05) is 35.5 Å². The Bertz CT molecular complexity index is 1020. The van der Waals surface area contributed by atoms with E-state index in [4.69, 9.17) is 9.72 Å². The first-order valence-electron chi connectivity index (χ1n) is 12.3. The molecule has 0 saturated carbocycles.